The minimum Gasteiger partial charge on any atom is -0.486 e. The summed E-state index contributed by atoms with van der Waals surface area (Å²) >= 11 is 0. The molecule has 0 atom stereocenters. The van der Waals surface area contributed by atoms with E-state index < -0.39 is 14.0 Å². The van der Waals surface area contributed by atoms with Gasteiger partial charge in [0.25, 0.3) is 0 Å². The molecule has 4 nitrogen and oxygen atoms in total. The molecule has 0 N–H and O–H groups in total. The predicted octanol–water partition coefficient (Wildman–Crippen LogP) is 9.86. The summed E-state index contributed by atoms with van der Waals surface area (Å²) in [6.45, 7) is 11.4. The fraction of sp³-hybridized carbons (Fsp3) is 0.154. The van der Waals surface area contributed by atoms with E-state index in [0.717, 1.165) is 33.3 Å². The number of aromatic nitrogens is 3. The van der Waals surface area contributed by atoms with E-state index in [1.165, 1.54) is 27.9 Å². The molecule has 233 valence electrons. The van der Waals surface area contributed by atoms with Gasteiger partial charge in [-0.2, -0.15) is 9.37 Å². The van der Waals surface area contributed by atoms with Crippen molar-refractivity contribution in [2.75, 3.05) is 0 Å². The number of fused-ring (bicyclic) bond motifs is 3. The van der Waals surface area contributed by atoms with Crippen LogP contribution in [0.2, 0.25) is 19.6 Å². The van der Waals surface area contributed by atoms with E-state index in [1.54, 1.807) is 12.3 Å². The van der Waals surface area contributed by atoms with Crippen molar-refractivity contribution in [3.63, 3.8) is 0 Å². The predicted molar refractivity (Wildman–Crippen MR) is 185 cm³/mol. The van der Waals surface area contributed by atoms with Crippen molar-refractivity contribution in [1.82, 2.24) is 15.0 Å². The number of rotatable bonds is 5. The van der Waals surface area contributed by atoms with Crippen LogP contribution in [0.5, 0.6) is 0 Å². The second-order valence-electron chi connectivity index (χ2n) is 12.3. The first-order valence-electron chi connectivity index (χ1n) is 15.1. The van der Waals surface area contributed by atoms with E-state index in [-0.39, 0.29) is 20.1 Å². The number of halogens is 1. The van der Waals surface area contributed by atoms with E-state index >= 15 is 0 Å². The average Bonchev–Trinajstić information content (AvgIpc) is 3.43. The second-order valence-corrected chi connectivity index (χ2v) is 17.4. The van der Waals surface area contributed by atoms with Crippen LogP contribution in [-0.4, -0.2) is 23.0 Å². The van der Waals surface area contributed by atoms with Crippen LogP contribution in [0.4, 0.5) is 4.39 Å². The van der Waals surface area contributed by atoms with Crippen LogP contribution in [0.1, 0.15) is 25.3 Å². The molecule has 0 amide bonds. The maximum Gasteiger partial charge on any atom is 0.218 e. The molecular weight excluding hydrogens is 766 g/mol. The van der Waals surface area contributed by atoms with Crippen LogP contribution in [0.25, 0.3) is 55.7 Å². The largest absolute Gasteiger partial charge is 0.486 e. The van der Waals surface area contributed by atoms with E-state index in [1.807, 2.05) is 42.5 Å². The smallest absolute Gasteiger partial charge is 0.218 e. The Kier molecular flexibility index (Phi) is 10.1. The van der Waals surface area contributed by atoms with Gasteiger partial charge in [-0.25, -0.2) is 0 Å². The fourth-order valence-corrected chi connectivity index (χ4v) is 6.82. The van der Waals surface area contributed by atoms with Crippen LogP contribution in [0.3, 0.4) is 0 Å². The van der Waals surface area contributed by atoms with Crippen LogP contribution < -0.4 is 5.19 Å². The topological polar surface area (TPSA) is 51.8 Å². The number of nitrogens with zero attached hydrogens (tertiary/aromatic N) is 3. The minimum atomic E-state index is -1.46. The third-order valence-corrected chi connectivity index (χ3v) is 9.77. The Morgan fingerprint density at radius 2 is 1.57 bits per heavy atom. The Labute approximate surface area is 284 Å². The molecule has 1 radical (unpaired) electrons. The van der Waals surface area contributed by atoms with Gasteiger partial charge >= 0.3 is 0 Å². The van der Waals surface area contributed by atoms with E-state index in [2.05, 4.69) is 104 Å². The minimum absolute atomic E-state index is 0. The third-order valence-electron chi connectivity index (χ3n) is 7.75. The molecule has 0 bridgehead atoms. The van der Waals surface area contributed by atoms with Crippen molar-refractivity contribution >= 4 is 35.3 Å². The molecule has 7 heteroatoms. The molecule has 0 unspecified atom stereocenters. The summed E-state index contributed by atoms with van der Waals surface area (Å²) in [4.78, 5) is 13.0. The quantitative estimate of drug-likeness (QED) is 0.0989. The normalized spacial score (nSPS) is 11.3. The fourth-order valence-electron chi connectivity index (χ4n) is 5.34. The molecular formula is C39H34FIrN3OSi-2. The number of furan rings is 1. The summed E-state index contributed by atoms with van der Waals surface area (Å²) in [5.41, 5.74) is 8.28. The van der Waals surface area contributed by atoms with E-state index in [0.29, 0.717) is 17.2 Å². The van der Waals surface area contributed by atoms with Crippen LogP contribution >= 0.6 is 0 Å². The van der Waals surface area contributed by atoms with Gasteiger partial charge in [0, 0.05) is 37.9 Å². The molecule has 0 saturated carbocycles. The molecule has 3 aromatic carbocycles. The third kappa shape index (κ3) is 7.07. The van der Waals surface area contributed by atoms with Gasteiger partial charge in [0.2, 0.25) is 11.7 Å². The van der Waals surface area contributed by atoms with Gasteiger partial charge in [0.1, 0.15) is 0 Å². The van der Waals surface area contributed by atoms with Gasteiger partial charge < -0.3 is 14.4 Å². The Morgan fingerprint density at radius 3 is 2.28 bits per heavy atom. The molecule has 0 fully saturated rings. The monoisotopic (exact) mass is 800 g/mol. The zero-order valence-electron chi connectivity index (χ0n) is 26.4. The Morgan fingerprint density at radius 1 is 0.783 bits per heavy atom. The second kappa shape index (κ2) is 14.0. The zero-order valence-corrected chi connectivity index (χ0v) is 29.8. The van der Waals surface area contributed by atoms with Gasteiger partial charge in [0.05, 0.1) is 13.7 Å². The molecule has 4 heterocycles. The van der Waals surface area contributed by atoms with Gasteiger partial charge in [0.15, 0.2) is 0 Å². The molecule has 0 saturated heterocycles. The molecule has 7 aromatic rings. The van der Waals surface area contributed by atoms with Crippen molar-refractivity contribution in [1.29, 1.82) is 0 Å². The molecule has 0 spiro atoms. The van der Waals surface area contributed by atoms with Gasteiger partial charge in [-0.15, -0.1) is 54.1 Å². The van der Waals surface area contributed by atoms with Crippen molar-refractivity contribution in [3.8, 4) is 33.6 Å². The van der Waals surface area contributed by atoms with Gasteiger partial charge in [-0.3, -0.25) is 0 Å². The van der Waals surface area contributed by atoms with E-state index in [9.17, 15) is 4.39 Å². The van der Waals surface area contributed by atoms with Crippen molar-refractivity contribution in [2.45, 2.75) is 39.4 Å². The van der Waals surface area contributed by atoms with Gasteiger partial charge in [-0.05, 0) is 51.8 Å². The number of benzene rings is 3. The first kappa shape index (κ1) is 33.1. The Bertz CT molecular complexity index is 2090. The van der Waals surface area contributed by atoms with Crippen LogP contribution in [0, 0.1) is 18.1 Å². The standard InChI is InChI=1S/C20H20NSi.C19H14FN2O.Ir/c1-22(2,3)20-15-21-19(17-12-8-5-9-13-17)14-18(20)16-10-6-4-7-11-16;1-11(2)12-8-9-21-16(10-12)15-5-3-4-13-14-6-7-17(20)22-19(14)23-18(13)15;/h4-12,14-15H,1-3H3;3-4,6-11H,1-2H3;/q2*-1;. The summed E-state index contributed by atoms with van der Waals surface area (Å²) in [7, 11) is -1.46. The molecule has 7 rings (SSSR count). The first-order valence-corrected chi connectivity index (χ1v) is 18.6. The molecule has 0 aliphatic rings. The Hall–Kier alpha value is -4.29. The van der Waals surface area contributed by atoms with Crippen LogP contribution in [-0.2, 0) is 20.1 Å². The summed E-state index contributed by atoms with van der Waals surface area (Å²) < 4.78 is 19.1. The summed E-state index contributed by atoms with van der Waals surface area (Å²) in [6, 6.07) is 38.1. The van der Waals surface area contributed by atoms with Crippen LogP contribution in [0.15, 0.2) is 114 Å². The molecule has 46 heavy (non-hydrogen) atoms. The van der Waals surface area contributed by atoms with Crippen molar-refractivity contribution < 1.29 is 28.9 Å². The number of hydrogen-bond acceptors (Lipinski definition) is 4. The number of pyridine rings is 3. The van der Waals surface area contributed by atoms with Gasteiger partial charge in [-0.1, -0.05) is 92.5 Å². The molecule has 0 aliphatic carbocycles. The van der Waals surface area contributed by atoms with Crippen molar-refractivity contribution in [3.05, 3.63) is 133 Å². The summed E-state index contributed by atoms with van der Waals surface area (Å²) in [5.74, 6) is -0.149. The maximum atomic E-state index is 13.3. The first-order chi connectivity index (χ1) is 21.7. The van der Waals surface area contributed by atoms with Crippen molar-refractivity contribution in [2.24, 2.45) is 0 Å². The SMILES string of the molecule is CC(C)c1ccnc(-c2[c-]ccc3c2oc2nc(F)ccc23)c1.C[Si](C)(C)c1cnc(-c2[c-]cccc2)cc1-c1ccccc1.[Ir]. The number of hydrogen-bond donors (Lipinski definition) is 0. The average molecular weight is 800 g/mol. The Balaban J connectivity index is 0.000000178. The zero-order chi connectivity index (χ0) is 31.6. The molecule has 4 aromatic heterocycles. The molecule has 0 aliphatic heterocycles. The summed E-state index contributed by atoms with van der Waals surface area (Å²) in [6.07, 6.45) is 3.86. The maximum absolute atomic E-state index is 13.3. The summed E-state index contributed by atoms with van der Waals surface area (Å²) in [5, 5.41) is 3.08. The van der Waals surface area contributed by atoms with E-state index in [4.69, 9.17) is 9.40 Å².